The number of ether oxygens (including phenoxy) is 4. The average Bonchev–Trinajstić information content (AvgIpc) is 1.76. The maximum Gasteiger partial charge on any atom is 0.472 e. The molecule has 0 rings (SSSR count). The van der Waals surface area contributed by atoms with Crippen molar-refractivity contribution in [2.75, 3.05) is 39.6 Å². The molecule has 0 aromatic heterocycles. The number of phosphoric acid groups is 2. The van der Waals surface area contributed by atoms with E-state index in [0.29, 0.717) is 25.7 Å². The molecule has 0 saturated carbocycles. The number of esters is 4. The van der Waals surface area contributed by atoms with Crippen LogP contribution < -0.4 is 0 Å². The van der Waals surface area contributed by atoms with Crippen LogP contribution in [0, 0.1) is 0 Å². The van der Waals surface area contributed by atoms with Crippen molar-refractivity contribution in [1.82, 2.24) is 0 Å². The Kier molecular flexibility index (Phi) is 71.0. The molecule has 0 aliphatic heterocycles. The van der Waals surface area contributed by atoms with Crippen molar-refractivity contribution in [2.45, 2.75) is 438 Å². The Hall–Kier alpha value is -1.94. The highest BCUT2D eigenvalue weighted by atomic mass is 31.2. The van der Waals surface area contributed by atoms with Crippen LogP contribution in [-0.2, 0) is 65.4 Å². The van der Waals surface area contributed by atoms with E-state index >= 15 is 0 Å². The third-order valence-corrected chi connectivity index (χ3v) is 20.3. The molecule has 5 atom stereocenters. The number of unbranched alkanes of at least 4 members (excludes halogenated alkanes) is 53. The zero-order valence-corrected chi connectivity index (χ0v) is 64.8. The van der Waals surface area contributed by atoms with Crippen molar-refractivity contribution in [1.29, 1.82) is 0 Å². The first kappa shape index (κ1) is 95.1. The molecule has 0 bridgehead atoms. The summed E-state index contributed by atoms with van der Waals surface area (Å²) in [5.41, 5.74) is 0. The van der Waals surface area contributed by atoms with Gasteiger partial charge in [0.1, 0.15) is 19.3 Å². The Balaban J connectivity index is 5.25. The van der Waals surface area contributed by atoms with Crippen molar-refractivity contribution >= 4 is 39.5 Å². The normalized spacial score (nSPS) is 13.8. The molecule has 0 heterocycles. The fourth-order valence-electron chi connectivity index (χ4n) is 12.1. The summed E-state index contributed by atoms with van der Waals surface area (Å²) in [4.78, 5) is 72.9. The second kappa shape index (κ2) is 72.4. The second-order valence-corrected chi connectivity index (χ2v) is 31.0. The average molecular weight is 1420 g/mol. The summed E-state index contributed by atoms with van der Waals surface area (Å²) in [5.74, 6) is -2.10. The smallest absolute Gasteiger partial charge is 0.462 e. The van der Waals surface area contributed by atoms with Crippen LogP contribution in [0.1, 0.15) is 419 Å². The van der Waals surface area contributed by atoms with Crippen LogP contribution in [0.15, 0.2) is 0 Å². The second-order valence-electron chi connectivity index (χ2n) is 28.1. The molecule has 0 aliphatic rings. The van der Waals surface area contributed by atoms with Crippen LogP contribution in [0.3, 0.4) is 0 Å². The molecule has 17 nitrogen and oxygen atoms in total. The molecule has 2 unspecified atom stereocenters. The fraction of sp³-hybridized carbons (Fsp3) is 0.949. The summed E-state index contributed by atoms with van der Waals surface area (Å²) in [7, 11) is -9.91. The van der Waals surface area contributed by atoms with Crippen LogP contribution in [0.25, 0.3) is 0 Å². The summed E-state index contributed by atoms with van der Waals surface area (Å²) in [6.45, 7) is 5.02. The Morgan fingerprint density at radius 3 is 0.608 bits per heavy atom. The van der Waals surface area contributed by atoms with E-state index in [1.807, 2.05) is 0 Å². The molecule has 0 aliphatic carbocycles. The van der Waals surface area contributed by atoms with E-state index in [-0.39, 0.29) is 25.7 Å². The number of phosphoric ester groups is 2. The van der Waals surface area contributed by atoms with Gasteiger partial charge in [-0.1, -0.05) is 368 Å². The molecule has 576 valence electrons. The van der Waals surface area contributed by atoms with Gasteiger partial charge in [0, 0.05) is 25.7 Å². The van der Waals surface area contributed by atoms with Gasteiger partial charge in [0.15, 0.2) is 12.2 Å². The van der Waals surface area contributed by atoms with E-state index in [4.69, 9.17) is 37.0 Å². The standard InChI is InChI=1S/C78H152O17P2/c1-5-9-13-17-21-25-29-33-36-37-38-41-45-49-53-57-61-65-78(83)95-74(69-89-76(81)63-59-55-51-47-43-39-34-30-26-22-18-14-10-6-2)71-93-97(86,87)91-67-72(79)66-90-96(84,85)92-70-73(68-88-75(80)62-58-54-50-46-42-32-28-24-20-16-12-8-4)94-77(82)64-60-56-52-48-44-40-35-31-27-23-19-15-11-7-3/h72-74,79H,5-71H2,1-4H3,(H,84,85)(H,86,87)/t72-,73+,74+/m0/s1. The highest BCUT2D eigenvalue weighted by Crippen LogP contribution is 2.45. The number of carbonyl (C=O) groups excluding carboxylic acids is 4. The van der Waals surface area contributed by atoms with Crippen molar-refractivity contribution in [3.8, 4) is 0 Å². The number of aliphatic hydroxyl groups is 1. The van der Waals surface area contributed by atoms with Gasteiger partial charge in [0.25, 0.3) is 0 Å². The van der Waals surface area contributed by atoms with Gasteiger partial charge in [-0.05, 0) is 25.7 Å². The largest absolute Gasteiger partial charge is 0.472 e. The quantitative estimate of drug-likeness (QED) is 0.0222. The third-order valence-electron chi connectivity index (χ3n) is 18.4. The predicted molar refractivity (Wildman–Crippen MR) is 395 cm³/mol. The van der Waals surface area contributed by atoms with Gasteiger partial charge in [-0.3, -0.25) is 37.3 Å². The van der Waals surface area contributed by atoms with Crippen molar-refractivity contribution in [2.24, 2.45) is 0 Å². The minimum atomic E-state index is -4.96. The molecule has 0 amide bonds. The van der Waals surface area contributed by atoms with E-state index in [1.165, 1.54) is 250 Å². The Bertz CT molecular complexity index is 1840. The first-order chi connectivity index (χ1) is 47.2. The first-order valence-corrected chi connectivity index (χ1v) is 43.8. The van der Waals surface area contributed by atoms with Crippen LogP contribution in [0.2, 0.25) is 0 Å². The molecule has 97 heavy (non-hydrogen) atoms. The zero-order chi connectivity index (χ0) is 71.1. The van der Waals surface area contributed by atoms with Gasteiger partial charge in [-0.25, -0.2) is 9.13 Å². The lowest BCUT2D eigenvalue weighted by Crippen LogP contribution is -2.30. The third kappa shape index (κ3) is 72.2. The maximum absolute atomic E-state index is 13.1. The van der Waals surface area contributed by atoms with Gasteiger partial charge in [-0.15, -0.1) is 0 Å². The van der Waals surface area contributed by atoms with E-state index in [2.05, 4.69) is 27.7 Å². The first-order valence-electron chi connectivity index (χ1n) is 40.8. The molecule has 0 aromatic carbocycles. The number of hydrogen-bond acceptors (Lipinski definition) is 15. The SMILES string of the molecule is CCCCCCCCCCCCCCCCCCCC(=O)O[C@H](COC(=O)CCCCCCCCCCCCCCCC)COP(=O)(O)OC[C@@H](O)COP(=O)(O)OC[C@@H](COC(=O)CCCCCCCCCCCCCC)OC(=O)CCCCCCCCCCCCCCCC. The Labute approximate surface area is 594 Å². The van der Waals surface area contributed by atoms with Crippen molar-refractivity contribution in [3.05, 3.63) is 0 Å². The summed E-state index contributed by atoms with van der Waals surface area (Å²) in [6.07, 6.45) is 63.6. The lowest BCUT2D eigenvalue weighted by molar-refractivity contribution is -0.161. The molecule has 0 radical (unpaired) electrons. The predicted octanol–water partition coefficient (Wildman–Crippen LogP) is 23.4. The number of aliphatic hydroxyl groups excluding tert-OH is 1. The number of carbonyl (C=O) groups is 4. The van der Waals surface area contributed by atoms with Crippen LogP contribution in [0.4, 0.5) is 0 Å². The molecule has 3 N–H and O–H groups in total. The Morgan fingerprint density at radius 2 is 0.412 bits per heavy atom. The molecular weight excluding hydrogens is 1270 g/mol. The summed E-state index contributed by atoms with van der Waals surface area (Å²) in [6, 6.07) is 0. The van der Waals surface area contributed by atoms with Crippen LogP contribution in [0.5, 0.6) is 0 Å². The monoisotopic (exact) mass is 1420 g/mol. The van der Waals surface area contributed by atoms with Gasteiger partial charge >= 0.3 is 39.5 Å². The minimum Gasteiger partial charge on any atom is -0.462 e. The highest BCUT2D eigenvalue weighted by molar-refractivity contribution is 7.47. The van der Waals surface area contributed by atoms with E-state index in [0.717, 1.165) is 89.9 Å². The topological polar surface area (TPSA) is 237 Å². The fourth-order valence-corrected chi connectivity index (χ4v) is 13.7. The maximum atomic E-state index is 13.1. The van der Waals surface area contributed by atoms with E-state index in [1.54, 1.807) is 0 Å². The van der Waals surface area contributed by atoms with E-state index in [9.17, 15) is 43.2 Å². The lowest BCUT2D eigenvalue weighted by Gasteiger charge is -2.21. The van der Waals surface area contributed by atoms with Crippen molar-refractivity contribution in [3.63, 3.8) is 0 Å². The Morgan fingerprint density at radius 1 is 0.247 bits per heavy atom. The molecule has 0 fully saturated rings. The lowest BCUT2D eigenvalue weighted by atomic mass is 10.0. The highest BCUT2D eigenvalue weighted by Gasteiger charge is 2.30. The molecule has 0 aromatic rings. The molecular formula is C78H152O17P2. The zero-order valence-electron chi connectivity index (χ0n) is 63.1. The molecule has 0 spiro atoms. The summed E-state index contributed by atoms with van der Waals surface area (Å²) >= 11 is 0. The van der Waals surface area contributed by atoms with Gasteiger partial charge in [0.05, 0.1) is 26.4 Å². The summed E-state index contributed by atoms with van der Waals surface area (Å²) < 4.78 is 68.7. The molecule has 19 heteroatoms. The van der Waals surface area contributed by atoms with Crippen molar-refractivity contribution < 1.29 is 80.2 Å². The summed E-state index contributed by atoms with van der Waals surface area (Å²) in [5, 5.41) is 10.6. The van der Waals surface area contributed by atoms with Gasteiger partial charge < -0.3 is 33.8 Å². The van der Waals surface area contributed by atoms with Crippen LogP contribution in [-0.4, -0.2) is 96.7 Å². The van der Waals surface area contributed by atoms with Gasteiger partial charge in [-0.2, -0.15) is 0 Å². The number of rotatable bonds is 79. The van der Waals surface area contributed by atoms with Gasteiger partial charge in [0.2, 0.25) is 0 Å². The molecule has 0 saturated heterocycles. The van der Waals surface area contributed by atoms with Crippen LogP contribution >= 0.6 is 15.6 Å². The van der Waals surface area contributed by atoms with E-state index < -0.39 is 97.5 Å². The number of hydrogen-bond donors (Lipinski definition) is 3. The minimum absolute atomic E-state index is 0.109.